The lowest BCUT2D eigenvalue weighted by Gasteiger charge is -2.19. The van der Waals surface area contributed by atoms with Gasteiger partial charge >= 0.3 is 0 Å². The Hall–Kier alpha value is -2.82. The number of carbonyl (C=O) groups is 2. The maximum absolute atomic E-state index is 11.8. The number of amides is 2. The maximum Gasteiger partial charge on any atom is 0.279 e. The lowest BCUT2D eigenvalue weighted by atomic mass is 10.1. The van der Waals surface area contributed by atoms with E-state index in [0.29, 0.717) is 5.75 Å². The summed E-state index contributed by atoms with van der Waals surface area (Å²) in [6.07, 6.45) is 0. The van der Waals surface area contributed by atoms with Gasteiger partial charge in [-0.2, -0.15) is 0 Å². The average molecular weight is 352 g/mol. The molecule has 2 aliphatic rings. The number of nitro benzene ring substituents is 1. The lowest BCUT2D eigenvalue weighted by Crippen LogP contribution is -2.25. The number of fused-ring (bicyclic) bond motifs is 1. The minimum atomic E-state index is -0.792. The first kappa shape index (κ1) is 16.1. The van der Waals surface area contributed by atoms with Gasteiger partial charge in [0.15, 0.2) is 16.7 Å². The van der Waals surface area contributed by atoms with E-state index in [1.54, 1.807) is 0 Å². The van der Waals surface area contributed by atoms with E-state index in [0.717, 1.165) is 16.8 Å². The summed E-state index contributed by atoms with van der Waals surface area (Å²) in [6.45, 7) is 2.56. The Morgan fingerprint density at radius 1 is 1.38 bits per heavy atom. The summed E-state index contributed by atoms with van der Waals surface area (Å²) in [6, 6.07) is 2.72. The van der Waals surface area contributed by atoms with Gasteiger partial charge in [-0.25, -0.2) is 5.01 Å². The smallest absolute Gasteiger partial charge is 0.279 e. The Morgan fingerprint density at radius 3 is 2.62 bits per heavy atom. The fourth-order valence-electron chi connectivity index (χ4n) is 2.27. The molecular weight excluding hydrogens is 340 g/mol. The number of nitro groups is 1. The number of carbonyl (C=O) groups excluding carboxylic acids is 2. The number of hydrogen-bond acceptors (Lipinski definition) is 8. The fourth-order valence-corrected chi connectivity index (χ4v) is 3.43. The topological polar surface area (TPSA) is 123 Å². The third-order valence-corrected chi connectivity index (χ3v) is 4.32. The number of rotatable bonds is 2. The molecule has 2 aliphatic heterocycles. The molecule has 10 nitrogen and oxygen atoms in total. The molecule has 24 heavy (non-hydrogen) atoms. The molecule has 2 heterocycles. The van der Waals surface area contributed by atoms with Crippen LogP contribution in [-0.4, -0.2) is 33.7 Å². The van der Waals surface area contributed by atoms with Gasteiger partial charge in [0.1, 0.15) is 5.37 Å². The van der Waals surface area contributed by atoms with Gasteiger partial charge in [0.05, 0.1) is 16.6 Å². The first-order chi connectivity index (χ1) is 11.4. The van der Waals surface area contributed by atoms with E-state index in [9.17, 15) is 19.7 Å². The Kier molecular flexibility index (Phi) is 4.01. The number of nitrogens with one attached hydrogen (secondary N) is 1. The van der Waals surface area contributed by atoms with Crippen LogP contribution in [0, 0.1) is 10.1 Å². The van der Waals surface area contributed by atoms with Crippen LogP contribution in [0.15, 0.2) is 17.2 Å². The van der Waals surface area contributed by atoms with Crippen molar-refractivity contribution >= 4 is 34.4 Å². The predicted molar refractivity (Wildman–Crippen MR) is 83.3 cm³/mol. The Morgan fingerprint density at radius 2 is 2.04 bits per heavy atom. The third-order valence-electron chi connectivity index (χ3n) is 3.23. The van der Waals surface area contributed by atoms with E-state index in [1.165, 1.54) is 26.0 Å². The second kappa shape index (κ2) is 6.00. The van der Waals surface area contributed by atoms with Crippen molar-refractivity contribution in [1.82, 2.24) is 10.3 Å². The van der Waals surface area contributed by atoms with Gasteiger partial charge in [0.2, 0.25) is 18.6 Å². The van der Waals surface area contributed by atoms with Crippen molar-refractivity contribution in [3.63, 3.8) is 0 Å². The summed E-state index contributed by atoms with van der Waals surface area (Å²) in [7, 11) is 0. The molecule has 3 rings (SSSR count). The molecule has 1 aromatic carbocycles. The fraction of sp³-hybridized carbons (Fsp3) is 0.308. The molecule has 0 bridgehead atoms. The molecule has 2 amide bonds. The van der Waals surface area contributed by atoms with Gasteiger partial charge in [-0.15, -0.1) is 5.10 Å². The Balaban J connectivity index is 2.03. The number of amidine groups is 1. The summed E-state index contributed by atoms with van der Waals surface area (Å²) < 4.78 is 10.4. The zero-order valence-corrected chi connectivity index (χ0v) is 13.5. The highest BCUT2D eigenvalue weighted by molar-refractivity contribution is 8.14. The number of thioether (sulfide) groups is 1. The number of benzene rings is 1. The van der Waals surface area contributed by atoms with Crippen LogP contribution in [0.1, 0.15) is 24.8 Å². The SMILES string of the molecule is CC(=O)NC1=NN(C(C)=O)[C@H](c2cc3c(cc2[N+](=O)[O-])OCO3)S1. The maximum atomic E-state index is 11.8. The molecular formula is C13H12N4O6S. The third kappa shape index (κ3) is 2.85. The summed E-state index contributed by atoms with van der Waals surface area (Å²) in [5.41, 5.74) is 0.0100. The predicted octanol–water partition coefficient (Wildman–Crippen LogP) is 1.32. The molecule has 0 unspecified atom stereocenters. The Labute approximate surface area is 139 Å². The van der Waals surface area contributed by atoms with Crippen molar-refractivity contribution in [2.24, 2.45) is 5.10 Å². The van der Waals surface area contributed by atoms with Crippen LogP contribution in [0.4, 0.5) is 5.69 Å². The normalized spacial score (nSPS) is 18.3. The van der Waals surface area contributed by atoms with Crippen molar-refractivity contribution in [3.8, 4) is 11.5 Å². The molecule has 0 aromatic heterocycles. The molecule has 0 aliphatic carbocycles. The number of ether oxygens (including phenoxy) is 2. The molecule has 126 valence electrons. The van der Waals surface area contributed by atoms with Crippen LogP contribution >= 0.6 is 11.8 Å². The standard InChI is InChI=1S/C13H12N4O6S/c1-6(18)14-13-15-16(7(2)19)12(24-13)8-3-10-11(23-5-22-10)4-9(8)17(20)21/h3-4,12H,5H2,1-2H3,(H,14,15,18)/t12-/m0/s1. The van der Waals surface area contributed by atoms with Gasteiger partial charge in [0.25, 0.3) is 5.69 Å². The Bertz CT molecular complexity index is 780. The quantitative estimate of drug-likeness (QED) is 0.629. The molecule has 0 saturated heterocycles. The molecule has 0 radical (unpaired) electrons. The molecule has 11 heteroatoms. The van der Waals surface area contributed by atoms with Crippen LogP contribution in [0.2, 0.25) is 0 Å². The van der Waals surface area contributed by atoms with E-state index in [-0.39, 0.29) is 34.9 Å². The van der Waals surface area contributed by atoms with Crippen molar-refractivity contribution in [3.05, 3.63) is 27.8 Å². The zero-order valence-electron chi connectivity index (χ0n) is 12.6. The highest BCUT2D eigenvalue weighted by Crippen LogP contribution is 2.47. The monoisotopic (exact) mass is 352 g/mol. The number of nitrogens with zero attached hydrogens (tertiary/aromatic N) is 3. The van der Waals surface area contributed by atoms with Gasteiger partial charge in [0, 0.05) is 13.8 Å². The van der Waals surface area contributed by atoms with Crippen molar-refractivity contribution in [2.45, 2.75) is 19.2 Å². The van der Waals surface area contributed by atoms with E-state index in [4.69, 9.17) is 9.47 Å². The average Bonchev–Trinajstić information content (AvgIpc) is 3.10. The zero-order chi connectivity index (χ0) is 17.4. The van der Waals surface area contributed by atoms with Crippen LogP contribution in [0.5, 0.6) is 11.5 Å². The summed E-state index contributed by atoms with van der Waals surface area (Å²) in [5, 5.41) is 18.4. The molecule has 0 spiro atoms. The summed E-state index contributed by atoms with van der Waals surface area (Å²) in [5.74, 6) is -0.149. The summed E-state index contributed by atoms with van der Waals surface area (Å²) >= 11 is 1.03. The number of hydrazone groups is 1. The highest BCUT2D eigenvalue weighted by atomic mass is 32.2. The van der Waals surface area contributed by atoms with Crippen LogP contribution in [0.3, 0.4) is 0 Å². The van der Waals surface area contributed by atoms with Crippen molar-refractivity contribution < 1.29 is 24.0 Å². The van der Waals surface area contributed by atoms with Crippen LogP contribution < -0.4 is 14.8 Å². The molecule has 1 aromatic rings. The van der Waals surface area contributed by atoms with Crippen LogP contribution in [0.25, 0.3) is 0 Å². The second-order valence-corrected chi connectivity index (χ2v) is 6.01. The first-order valence-electron chi connectivity index (χ1n) is 6.77. The summed E-state index contributed by atoms with van der Waals surface area (Å²) in [4.78, 5) is 33.9. The van der Waals surface area contributed by atoms with Gasteiger partial charge in [-0.05, 0) is 6.07 Å². The van der Waals surface area contributed by atoms with E-state index in [2.05, 4.69) is 10.4 Å². The molecule has 1 atom stereocenters. The lowest BCUT2D eigenvalue weighted by molar-refractivity contribution is -0.385. The second-order valence-electron chi connectivity index (χ2n) is 4.94. The molecule has 0 fully saturated rings. The molecule has 1 N–H and O–H groups in total. The van der Waals surface area contributed by atoms with Gasteiger partial charge in [-0.1, -0.05) is 11.8 Å². The van der Waals surface area contributed by atoms with E-state index in [1.807, 2.05) is 0 Å². The van der Waals surface area contributed by atoms with E-state index < -0.39 is 16.2 Å². The van der Waals surface area contributed by atoms with Crippen LogP contribution in [-0.2, 0) is 9.59 Å². The van der Waals surface area contributed by atoms with Crippen molar-refractivity contribution in [1.29, 1.82) is 0 Å². The minimum Gasteiger partial charge on any atom is -0.454 e. The largest absolute Gasteiger partial charge is 0.454 e. The van der Waals surface area contributed by atoms with Crippen molar-refractivity contribution in [2.75, 3.05) is 6.79 Å². The minimum absolute atomic E-state index is 0.0299. The molecule has 0 saturated carbocycles. The van der Waals surface area contributed by atoms with Gasteiger partial charge < -0.3 is 14.8 Å². The number of hydrogen-bond donors (Lipinski definition) is 1. The highest BCUT2D eigenvalue weighted by Gasteiger charge is 2.38. The van der Waals surface area contributed by atoms with E-state index >= 15 is 0 Å². The first-order valence-corrected chi connectivity index (χ1v) is 7.65. The van der Waals surface area contributed by atoms with Gasteiger partial charge in [-0.3, -0.25) is 19.7 Å².